The smallest absolute Gasteiger partial charge is 0.290 e. The first-order valence-corrected chi connectivity index (χ1v) is 17.5. The molecular formula is C35H32F6N8O2S. The van der Waals surface area contributed by atoms with E-state index in [1.54, 1.807) is 34.9 Å². The van der Waals surface area contributed by atoms with Crippen molar-refractivity contribution in [1.82, 2.24) is 34.7 Å². The van der Waals surface area contributed by atoms with Gasteiger partial charge in [0.1, 0.15) is 46.2 Å². The monoisotopic (exact) mass is 742 g/mol. The van der Waals surface area contributed by atoms with Crippen LogP contribution in [0.5, 0.6) is 0 Å². The minimum Gasteiger partial charge on any atom is -0.346 e. The normalized spacial score (nSPS) is 14.9. The second-order valence-corrected chi connectivity index (χ2v) is 14.4. The number of pyridine rings is 2. The molecule has 5 aromatic rings. The fourth-order valence-electron chi connectivity index (χ4n) is 6.03. The first kappa shape index (κ1) is 36.5. The number of hydrogen-bond acceptors (Lipinski definition) is 6. The molecule has 1 aromatic carbocycles. The highest BCUT2D eigenvalue weighted by atomic mass is 32.2. The van der Waals surface area contributed by atoms with Crippen molar-refractivity contribution < 1.29 is 35.3 Å². The molecule has 0 saturated carbocycles. The lowest BCUT2D eigenvalue weighted by atomic mass is 9.94. The molecule has 6 rings (SSSR count). The van der Waals surface area contributed by atoms with Gasteiger partial charge in [-0.05, 0) is 81.5 Å². The summed E-state index contributed by atoms with van der Waals surface area (Å²) in [4.78, 5) is 18.5. The highest BCUT2D eigenvalue weighted by Gasteiger charge is 2.46. The number of fused-ring (bicyclic) bond motifs is 2. The molecule has 4 heterocycles. The van der Waals surface area contributed by atoms with E-state index >= 15 is 0 Å². The zero-order chi connectivity index (χ0) is 37.5. The average Bonchev–Trinajstić information content (AvgIpc) is 3.72. The Morgan fingerprint density at radius 2 is 1.79 bits per heavy atom. The van der Waals surface area contributed by atoms with Crippen LogP contribution in [0, 0.1) is 28.9 Å². The maximum atomic E-state index is 14.9. The van der Waals surface area contributed by atoms with Crippen molar-refractivity contribution in [3.05, 3.63) is 94.2 Å². The van der Waals surface area contributed by atoms with E-state index in [0.29, 0.717) is 27.5 Å². The number of rotatable bonds is 10. The van der Waals surface area contributed by atoms with Gasteiger partial charge in [-0.2, -0.15) is 13.9 Å². The van der Waals surface area contributed by atoms with Crippen LogP contribution in [0.1, 0.15) is 73.6 Å². The van der Waals surface area contributed by atoms with Crippen molar-refractivity contribution in [2.24, 2.45) is 5.41 Å². The third-order valence-electron chi connectivity index (χ3n) is 8.09. The second-order valence-electron chi connectivity index (χ2n) is 13.3. The summed E-state index contributed by atoms with van der Waals surface area (Å²) in [5, 5.41) is 14.8. The lowest BCUT2D eigenvalue weighted by Gasteiger charge is -2.23. The van der Waals surface area contributed by atoms with Gasteiger partial charge in [0.05, 0.1) is 11.7 Å². The van der Waals surface area contributed by atoms with Gasteiger partial charge in [-0.3, -0.25) is 18.6 Å². The molecule has 1 aliphatic rings. The summed E-state index contributed by atoms with van der Waals surface area (Å²) in [6.07, 6.45) is -1.37. The van der Waals surface area contributed by atoms with Crippen LogP contribution in [0.25, 0.3) is 16.8 Å². The molecule has 2 N–H and O–H groups in total. The molecule has 272 valence electrons. The number of hydrogen-bond donors (Lipinski definition) is 2. The number of halogens is 6. The van der Waals surface area contributed by atoms with Gasteiger partial charge in [-0.25, -0.2) is 26.8 Å². The maximum Gasteiger partial charge on any atom is 0.290 e. The van der Waals surface area contributed by atoms with E-state index in [9.17, 15) is 35.3 Å². The van der Waals surface area contributed by atoms with Crippen molar-refractivity contribution in [3.63, 3.8) is 0 Å². The zero-order valence-corrected chi connectivity index (χ0v) is 29.1. The highest BCUT2D eigenvalue weighted by Crippen LogP contribution is 2.44. The zero-order valence-electron chi connectivity index (χ0n) is 28.3. The van der Waals surface area contributed by atoms with Gasteiger partial charge >= 0.3 is 0 Å². The lowest BCUT2D eigenvalue weighted by molar-refractivity contribution is -0.122. The molecule has 0 radical (unpaired) electrons. The molecule has 52 heavy (non-hydrogen) atoms. The summed E-state index contributed by atoms with van der Waals surface area (Å²) >= 11 is 0. The second kappa shape index (κ2) is 14.1. The van der Waals surface area contributed by atoms with E-state index in [0.717, 1.165) is 12.1 Å². The number of anilines is 1. The summed E-state index contributed by atoms with van der Waals surface area (Å²) in [5.41, 5.74) is -0.611. The molecule has 2 atom stereocenters. The van der Waals surface area contributed by atoms with Crippen LogP contribution in [0.4, 0.5) is 32.3 Å². The van der Waals surface area contributed by atoms with Crippen molar-refractivity contribution in [2.45, 2.75) is 65.0 Å². The number of aromatic nitrogens is 6. The third-order valence-corrected chi connectivity index (χ3v) is 8.56. The quantitative estimate of drug-likeness (QED) is 0.126. The number of nitrogens with zero attached hydrogens (tertiary/aromatic N) is 6. The summed E-state index contributed by atoms with van der Waals surface area (Å²) in [6, 6.07) is 8.31. The first-order chi connectivity index (χ1) is 24.5. The molecular weight excluding hydrogens is 710 g/mol. The molecule has 0 saturated heterocycles. The van der Waals surface area contributed by atoms with Crippen molar-refractivity contribution in [1.29, 1.82) is 0 Å². The van der Waals surface area contributed by atoms with E-state index in [-0.39, 0.29) is 41.3 Å². The number of carbonyl (C=O) groups excluding carboxylic acids is 1. The molecule has 0 bridgehead atoms. The van der Waals surface area contributed by atoms with Crippen molar-refractivity contribution >= 4 is 28.5 Å². The Hall–Kier alpha value is -5.24. The Balaban J connectivity index is 1.49. The van der Waals surface area contributed by atoms with Crippen LogP contribution in [-0.4, -0.2) is 45.7 Å². The van der Waals surface area contributed by atoms with Gasteiger partial charge in [0.15, 0.2) is 5.65 Å². The summed E-state index contributed by atoms with van der Waals surface area (Å²) in [5.74, 6) is 0.110. The predicted octanol–water partition coefficient (Wildman–Crippen LogP) is 6.44. The Bertz CT molecular complexity index is 2250. The van der Waals surface area contributed by atoms with Crippen LogP contribution in [0.3, 0.4) is 0 Å². The SMILES string of the molecule is CS(=O)Nc1nnc2c(-c3ccc(C#CC(C)(C)C)nc3C(Cc3cc(F)cc(F)c3)NC(=O)Cn3nc(C(F)F)c4c3C(F)(F)CC4)cccn12. The van der Waals surface area contributed by atoms with Crippen molar-refractivity contribution in [2.75, 3.05) is 11.0 Å². The number of carbonyl (C=O) groups is 1. The Kier molecular flexibility index (Phi) is 9.88. The van der Waals surface area contributed by atoms with E-state index in [2.05, 4.69) is 37.2 Å². The number of benzene rings is 1. The van der Waals surface area contributed by atoms with Crippen LogP contribution >= 0.6 is 0 Å². The minimum absolute atomic E-state index is 0.117. The summed E-state index contributed by atoms with van der Waals surface area (Å²) in [6.45, 7) is 4.83. The van der Waals surface area contributed by atoms with Gasteiger partial charge in [0.2, 0.25) is 11.9 Å². The lowest BCUT2D eigenvalue weighted by Crippen LogP contribution is -2.35. The van der Waals surface area contributed by atoms with E-state index in [1.807, 2.05) is 20.8 Å². The topological polar surface area (TPSA) is 119 Å². The van der Waals surface area contributed by atoms with Gasteiger partial charge < -0.3 is 5.32 Å². The largest absolute Gasteiger partial charge is 0.346 e. The van der Waals surface area contributed by atoms with Crippen LogP contribution in [0.2, 0.25) is 0 Å². The molecule has 17 heteroatoms. The van der Waals surface area contributed by atoms with Gasteiger partial charge in [-0.15, -0.1) is 10.2 Å². The standard InChI is InChI=1S/C35H32F6N8O2S/c1-34(2,3)11-9-22-7-8-23(24-6-5-13-48-32(24)44-45-33(48)47-52(4)51)28(42-22)26(16-19-14-20(36)17-21(37)15-19)43-27(50)18-49-30-25(10-12-35(30,40)41)29(46-49)31(38)39/h5-8,13-15,17,26,31H,10,12,16,18H2,1-4H3,(H,43,50)(H,45,47). The van der Waals surface area contributed by atoms with E-state index in [1.165, 1.54) is 6.26 Å². The molecule has 10 nitrogen and oxygen atoms in total. The van der Waals surface area contributed by atoms with Gasteiger partial charge in [0, 0.05) is 47.0 Å². The predicted molar refractivity (Wildman–Crippen MR) is 181 cm³/mol. The molecule has 1 aliphatic carbocycles. The molecule has 0 spiro atoms. The maximum absolute atomic E-state index is 14.9. The van der Waals surface area contributed by atoms with Crippen LogP contribution < -0.4 is 10.0 Å². The van der Waals surface area contributed by atoms with Gasteiger partial charge in [-0.1, -0.05) is 5.92 Å². The van der Waals surface area contributed by atoms with Crippen LogP contribution in [0.15, 0.2) is 48.7 Å². The number of amides is 1. The molecule has 2 unspecified atom stereocenters. The number of nitrogens with one attached hydrogen (secondary N) is 2. The van der Waals surface area contributed by atoms with Crippen LogP contribution in [-0.2, 0) is 41.1 Å². The van der Waals surface area contributed by atoms with E-state index < -0.39 is 76.7 Å². The minimum atomic E-state index is -3.49. The molecule has 4 aromatic heterocycles. The Morgan fingerprint density at radius 1 is 1.06 bits per heavy atom. The van der Waals surface area contributed by atoms with Crippen molar-refractivity contribution in [3.8, 4) is 23.0 Å². The first-order valence-electron chi connectivity index (χ1n) is 16.0. The Morgan fingerprint density at radius 3 is 2.46 bits per heavy atom. The van der Waals surface area contributed by atoms with E-state index in [4.69, 9.17) is 4.98 Å². The molecule has 1 amide bonds. The Labute approximate surface area is 296 Å². The number of alkyl halides is 4. The summed E-state index contributed by atoms with van der Waals surface area (Å²) in [7, 11) is -1.49. The molecule has 0 aliphatic heterocycles. The molecule has 0 fully saturated rings. The fourth-order valence-corrected chi connectivity index (χ4v) is 6.43. The highest BCUT2D eigenvalue weighted by molar-refractivity contribution is 7.85. The average molecular weight is 743 g/mol. The van der Waals surface area contributed by atoms with Gasteiger partial charge in [0.25, 0.3) is 12.3 Å². The summed E-state index contributed by atoms with van der Waals surface area (Å²) < 4.78 is 103. The fraction of sp³-hybridized carbons (Fsp3) is 0.343. The third kappa shape index (κ3) is 7.81.